The molecule has 0 aliphatic carbocycles. The summed E-state index contributed by atoms with van der Waals surface area (Å²) in [6, 6.07) is 3.96. The van der Waals surface area contributed by atoms with E-state index in [-0.39, 0.29) is 18.3 Å². The zero-order chi connectivity index (χ0) is 28.5. The highest BCUT2D eigenvalue weighted by Gasteiger charge is 2.23. The van der Waals surface area contributed by atoms with E-state index in [2.05, 4.69) is 68.2 Å². The smallest absolute Gasteiger partial charge is 0.203 e. The fourth-order valence-electron chi connectivity index (χ4n) is 4.78. The molecule has 0 spiro atoms. The summed E-state index contributed by atoms with van der Waals surface area (Å²) in [5, 5.41) is 0. The standard InChI is InChI=1S/C35H60O3/c1-11-29-24-33(36-30(12-2)21-15-18-26(5)6)35(38-32(14-4)23-17-20-28(9)10)34(25-29)37-31(13-3)22-16-19-27(7)8/h1,24-28,30-32H,12-23H2,2-10H3. The predicted octanol–water partition coefficient (Wildman–Crippen LogP) is 10.6. The maximum atomic E-state index is 6.76. The van der Waals surface area contributed by atoms with E-state index in [1.807, 2.05) is 12.1 Å². The molecule has 1 aromatic carbocycles. The first-order chi connectivity index (χ1) is 18.1. The van der Waals surface area contributed by atoms with Crippen LogP contribution in [0.1, 0.15) is 145 Å². The first-order valence-corrected chi connectivity index (χ1v) is 15.8. The Morgan fingerprint density at radius 3 is 1.21 bits per heavy atom. The third-order valence-electron chi connectivity index (χ3n) is 7.35. The van der Waals surface area contributed by atoms with E-state index < -0.39 is 0 Å². The maximum absolute atomic E-state index is 6.76. The van der Waals surface area contributed by atoms with Crippen molar-refractivity contribution >= 4 is 0 Å². The lowest BCUT2D eigenvalue weighted by molar-refractivity contribution is 0.127. The Hall–Kier alpha value is -1.82. The summed E-state index contributed by atoms with van der Waals surface area (Å²) in [4.78, 5) is 0. The van der Waals surface area contributed by atoms with Crippen molar-refractivity contribution in [3.05, 3.63) is 17.7 Å². The zero-order valence-corrected chi connectivity index (χ0v) is 26.4. The third kappa shape index (κ3) is 13.8. The molecule has 38 heavy (non-hydrogen) atoms. The van der Waals surface area contributed by atoms with Crippen LogP contribution in [0.4, 0.5) is 0 Å². The Morgan fingerprint density at radius 1 is 0.579 bits per heavy atom. The van der Waals surface area contributed by atoms with Crippen LogP contribution in [0.15, 0.2) is 12.1 Å². The van der Waals surface area contributed by atoms with Crippen LogP contribution in [0, 0.1) is 30.1 Å². The molecule has 0 aliphatic rings. The van der Waals surface area contributed by atoms with Gasteiger partial charge < -0.3 is 14.2 Å². The van der Waals surface area contributed by atoms with E-state index >= 15 is 0 Å². The molecule has 0 fully saturated rings. The first-order valence-electron chi connectivity index (χ1n) is 15.8. The molecule has 3 unspecified atom stereocenters. The molecular weight excluding hydrogens is 468 g/mol. The van der Waals surface area contributed by atoms with Gasteiger partial charge in [0, 0.05) is 5.56 Å². The average molecular weight is 529 g/mol. The highest BCUT2D eigenvalue weighted by atomic mass is 16.6. The van der Waals surface area contributed by atoms with Gasteiger partial charge >= 0.3 is 0 Å². The minimum absolute atomic E-state index is 0.122. The summed E-state index contributed by atoms with van der Waals surface area (Å²) in [5.74, 6) is 7.16. The highest BCUT2D eigenvalue weighted by Crippen LogP contribution is 2.42. The maximum Gasteiger partial charge on any atom is 0.203 e. The Bertz CT molecular complexity index is 744. The molecule has 0 bridgehead atoms. The van der Waals surface area contributed by atoms with Gasteiger partial charge in [-0.2, -0.15) is 0 Å². The quantitative estimate of drug-likeness (QED) is 0.148. The van der Waals surface area contributed by atoms with Crippen molar-refractivity contribution < 1.29 is 14.2 Å². The lowest BCUT2D eigenvalue weighted by Gasteiger charge is -2.27. The van der Waals surface area contributed by atoms with Crippen LogP contribution in [0.3, 0.4) is 0 Å². The minimum Gasteiger partial charge on any atom is -0.486 e. The molecule has 0 radical (unpaired) electrons. The average Bonchev–Trinajstić information content (AvgIpc) is 2.87. The molecule has 0 aliphatic heterocycles. The van der Waals surface area contributed by atoms with E-state index in [9.17, 15) is 0 Å². The zero-order valence-electron chi connectivity index (χ0n) is 26.4. The molecule has 0 saturated carbocycles. The molecule has 1 aromatic rings. The van der Waals surface area contributed by atoms with Gasteiger partial charge in [-0.1, -0.05) is 87.5 Å². The van der Waals surface area contributed by atoms with E-state index in [1.54, 1.807) is 0 Å². The van der Waals surface area contributed by atoms with Crippen LogP contribution < -0.4 is 14.2 Å². The Morgan fingerprint density at radius 2 is 0.921 bits per heavy atom. The van der Waals surface area contributed by atoms with Crippen molar-refractivity contribution in [1.82, 2.24) is 0 Å². The molecule has 1 rings (SSSR count). The summed E-state index contributed by atoms with van der Waals surface area (Å²) in [6.07, 6.45) is 19.3. The van der Waals surface area contributed by atoms with Gasteiger partial charge in [0.1, 0.15) is 0 Å². The van der Waals surface area contributed by atoms with Crippen molar-refractivity contribution in [2.45, 2.75) is 158 Å². The SMILES string of the molecule is C#Cc1cc(OC(CC)CCCC(C)C)c(OC(CC)CCCC(C)C)c(OC(CC)CCCC(C)C)c1. The summed E-state index contributed by atoms with van der Waals surface area (Å²) >= 11 is 0. The number of benzene rings is 1. The second-order valence-corrected chi connectivity index (χ2v) is 12.4. The highest BCUT2D eigenvalue weighted by molar-refractivity contribution is 5.57. The molecule has 3 heteroatoms. The van der Waals surface area contributed by atoms with Crippen LogP contribution in [0.25, 0.3) is 0 Å². The van der Waals surface area contributed by atoms with Gasteiger partial charge in [0.25, 0.3) is 0 Å². The molecule has 0 saturated heterocycles. The topological polar surface area (TPSA) is 27.7 Å². The van der Waals surface area contributed by atoms with Crippen LogP contribution >= 0.6 is 0 Å². The van der Waals surface area contributed by atoms with Gasteiger partial charge in [0.2, 0.25) is 5.75 Å². The second-order valence-electron chi connectivity index (χ2n) is 12.4. The largest absolute Gasteiger partial charge is 0.486 e. The summed E-state index contributed by atoms with van der Waals surface area (Å²) < 4.78 is 20.1. The van der Waals surface area contributed by atoms with Crippen LogP contribution in [-0.4, -0.2) is 18.3 Å². The van der Waals surface area contributed by atoms with Gasteiger partial charge in [0.05, 0.1) is 18.3 Å². The van der Waals surface area contributed by atoms with Gasteiger partial charge in [-0.05, 0) is 87.7 Å². The van der Waals surface area contributed by atoms with Crippen LogP contribution in [0.5, 0.6) is 17.2 Å². The molecule has 0 amide bonds. The van der Waals surface area contributed by atoms with Crippen molar-refractivity contribution in [2.24, 2.45) is 17.8 Å². The monoisotopic (exact) mass is 528 g/mol. The summed E-state index contributed by atoms with van der Waals surface area (Å²) in [5.41, 5.74) is 0.782. The normalized spacial score (nSPS) is 14.0. The lowest BCUT2D eigenvalue weighted by atomic mass is 10.0. The van der Waals surface area contributed by atoms with E-state index in [4.69, 9.17) is 20.6 Å². The fourth-order valence-corrected chi connectivity index (χ4v) is 4.78. The molecule has 3 nitrogen and oxygen atoms in total. The minimum atomic E-state index is 0.122. The van der Waals surface area contributed by atoms with E-state index in [1.165, 1.54) is 19.3 Å². The third-order valence-corrected chi connectivity index (χ3v) is 7.35. The molecule has 0 heterocycles. The summed E-state index contributed by atoms with van der Waals surface area (Å²) in [7, 11) is 0. The van der Waals surface area contributed by atoms with E-state index in [0.29, 0.717) is 17.8 Å². The summed E-state index contributed by atoms with van der Waals surface area (Å²) in [6.45, 7) is 20.3. The number of hydrogen-bond acceptors (Lipinski definition) is 3. The number of hydrogen-bond donors (Lipinski definition) is 0. The Kier molecular flexibility index (Phi) is 17.3. The van der Waals surface area contributed by atoms with E-state index in [0.717, 1.165) is 80.6 Å². The number of ether oxygens (including phenoxy) is 3. The van der Waals surface area contributed by atoms with Gasteiger partial charge in [-0.15, -0.1) is 6.42 Å². The molecule has 0 aromatic heterocycles. The molecule has 3 atom stereocenters. The van der Waals surface area contributed by atoms with Crippen molar-refractivity contribution in [2.75, 3.05) is 0 Å². The number of terminal acetylenes is 1. The van der Waals surface area contributed by atoms with Crippen LogP contribution in [-0.2, 0) is 0 Å². The molecule has 218 valence electrons. The van der Waals surface area contributed by atoms with Gasteiger partial charge in [-0.3, -0.25) is 0 Å². The van der Waals surface area contributed by atoms with Gasteiger partial charge in [0.15, 0.2) is 11.5 Å². The van der Waals surface area contributed by atoms with Gasteiger partial charge in [-0.25, -0.2) is 0 Å². The van der Waals surface area contributed by atoms with Crippen LogP contribution in [0.2, 0.25) is 0 Å². The van der Waals surface area contributed by atoms with Crippen molar-refractivity contribution in [1.29, 1.82) is 0 Å². The predicted molar refractivity (Wildman–Crippen MR) is 165 cm³/mol. The second kappa shape index (κ2) is 19.3. The Balaban J connectivity index is 3.32. The lowest BCUT2D eigenvalue weighted by Crippen LogP contribution is -2.21. The first kappa shape index (κ1) is 34.2. The molecular formula is C35H60O3. The molecule has 0 N–H and O–H groups in total. The van der Waals surface area contributed by atoms with Crippen molar-refractivity contribution in [3.8, 4) is 29.6 Å². The fraction of sp³-hybridized carbons (Fsp3) is 0.771. The van der Waals surface area contributed by atoms with Crippen molar-refractivity contribution in [3.63, 3.8) is 0 Å². The number of rotatable bonds is 21. The Labute approximate surface area is 236 Å².